The van der Waals surface area contributed by atoms with Crippen molar-refractivity contribution in [1.82, 2.24) is 0 Å². The minimum atomic E-state index is -0.340. The van der Waals surface area contributed by atoms with Crippen LogP contribution in [-0.4, -0.2) is 26.5 Å². The fourth-order valence-electron chi connectivity index (χ4n) is 1.84. The summed E-state index contributed by atoms with van der Waals surface area (Å²) in [6.07, 6.45) is 2.72. The molecule has 0 spiro atoms. The van der Waals surface area contributed by atoms with Crippen molar-refractivity contribution in [1.29, 1.82) is 0 Å². The number of methoxy groups -OCH3 is 1. The lowest BCUT2D eigenvalue weighted by atomic mass is 10.0. The third kappa shape index (κ3) is 5.87. The first-order chi connectivity index (χ1) is 10.5. The van der Waals surface area contributed by atoms with E-state index in [4.69, 9.17) is 37.4 Å². The van der Waals surface area contributed by atoms with Crippen LogP contribution in [0.15, 0.2) is 23.8 Å². The van der Waals surface area contributed by atoms with Crippen LogP contribution in [0.1, 0.15) is 25.8 Å². The van der Waals surface area contributed by atoms with Crippen molar-refractivity contribution in [2.45, 2.75) is 26.7 Å². The molecule has 22 heavy (non-hydrogen) atoms. The molecule has 6 heteroatoms. The molecule has 0 aromatic heterocycles. The van der Waals surface area contributed by atoms with Gasteiger partial charge in [0.25, 0.3) is 0 Å². The smallest absolute Gasteiger partial charge is 0.330 e. The van der Waals surface area contributed by atoms with E-state index in [9.17, 15) is 4.79 Å². The Bertz CT molecular complexity index is 541. The average molecular weight is 347 g/mol. The molecular formula is C16H20Cl2O4. The summed E-state index contributed by atoms with van der Waals surface area (Å²) >= 11 is 12.3. The second kappa shape index (κ2) is 9.72. The van der Waals surface area contributed by atoms with Gasteiger partial charge >= 0.3 is 5.97 Å². The van der Waals surface area contributed by atoms with Gasteiger partial charge in [0.1, 0.15) is 5.75 Å². The summed E-state index contributed by atoms with van der Waals surface area (Å²) in [4.78, 5) is 11.4. The average Bonchev–Trinajstić information content (AvgIpc) is 2.47. The molecule has 0 unspecified atom stereocenters. The highest BCUT2D eigenvalue weighted by atomic mass is 35.5. The summed E-state index contributed by atoms with van der Waals surface area (Å²) in [5, 5.41) is 0.924. The van der Waals surface area contributed by atoms with Crippen LogP contribution < -0.4 is 4.74 Å². The summed E-state index contributed by atoms with van der Waals surface area (Å²) < 4.78 is 15.3. The molecule has 0 amide bonds. The van der Waals surface area contributed by atoms with Crippen molar-refractivity contribution in [3.8, 4) is 5.75 Å². The molecule has 0 aliphatic carbocycles. The molecule has 0 bridgehead atoms. The Hall–Kier alpha value is -1.23. The van der Waals surface area contributed by atoms with Gasteiger partial charge in [0.05, 0.1) is 16.7 Å². The molecule has 0 atom stereocenters. The summed E-state index contributed by atoms with van der Waals surface area (Å²) in [6, 6.07) is 3.44. The van der Waals surface area contributed by atoms with E-state index in [0.29, 0.717) is 35.2 Å². The largest absolute Gasteiger partial charge is 0.467 e. The number of carbonyl (C=O) groups excluding carboxylic acids is 1. The lowest BCUT2D eigenvalue weighted by molar-refractivity contribution is -0.137. The van der Waals surface area contributed by atoms with Gasteiger partial charge in [-0.25, -0.2) is 4.79 Å². The zero-order valence-electron chi connectivity index (χ0n) is 12.9. The van der Waals surface area contributed by atoms with E-state index in [1.54, 1.807) is 26.2 Å². The maximum absolute atomic E-state index is 11.4. The number of ether oxygens (including phenoxy) is 3. The van der Waals surface area contributed by atoms with E-state index in [1.807, 2.05) is 6.92 Å². The number of benzene rings is 1. The van der Waals surface area contributed by atoms with Gasteiger partial charge in [-0.2, -0.15) is 0 Å². The Morgan fingerprint density at radius 1 is 1.32 bits per heavy atom. The maximum Gasteiger partial charge on any atom is 0.330 e. The van der Waals surface area contributed by atoms with Crippen molar-refractivity contribution in [3.63, 3.8) is 0 Å². The van der Waals surface area contributed by atoms with Crippen molar-refractivity contribution in [3.05, 3.63) is 39.4 Å². The lowest BCUT2D eigenvalue weighted by Gasteiger charge is -2.13. The van der Waals surface area contributed by atoms with Crippen molar-refractivity contribution < 1.29 is 19.0 Å². The van der Waals surface area contributed by atoms with Crippen LogP contribution in [0.2, 0.25) is 10.0 Å². The molecule has 0 saturated carbocycles. The van der Waals surface area contributed by atoms with Crippen LogP contribution in [0.4, 0.5) is 0 Å². The van der Waals surface area contributed by atoms with Crippen LogP contribution in [-0.2, 0) is 20.7 Å². The Morgan fingerprint density at radius 3 is 2.68 bits per heavy atom. The number of carbonyl (C=O) groups is 1. The molecule has 0 heterocycles. The van der Waals surface area contributed by atoms with Gasteiger partial charge in [0.2, 0.25) is 0 Å². The third-order valence-electron chi connectivity index (χ3n) is 2.91. The summed E-state index contributed by atoms with van der Waals surface area (Å²) in [5.41, 5.74) is 1.69. The second-order valence-corrected chi connectivity index (χ2v) is 5.42. The fraction of sp³-hybridized carbons (Fsp3) is 0.438. The predicted octanol–water partition coefficient (Wildman–Crippen LogP) is 4.42. The van der Waals surface area contributed by atoms with Gasteiger partial charge in [-0.3, -0.25) is 0 Å². The van der Waals surface area contributed by atoms with Gasteiger partial charge in [0.15, 0.2) is 6.79 Å². The number of hydrogen-bond acceptors (Lipinski definition) is 4. The van der Waals surface area contributed by atoms with Crippen LogP contribution >= 0.6 is 23.2 Å². The van der Waals surface area contributed by atoms with Crippen molar-refractivity contribution in [2.75, 3.05) is 20.5 Å². The van der Waals surface area contributed by atoms with Gasteiger partial charge in [-0.1, -0.05) is 28.8 Å². The molecule has 1 rings (SSSR count). The molecule has 0 radical (unpaired) electrons. The van der Waals surface area contributed by atoms with E-state index in [0.717, 1.165) is 11.1 Å². The molecule has 0 N–H and O–H groups in total. The quantitative estimate of drug-likeness (QED) is 0.397. The number of halogens is 2. The second-order valence-electron chi connectivity index (χ2n) is 4.63. The Kier molecular flexibility index (Phi) is 8.31. The van der Waals surface area contributed by atoms with Crippen LogP contribution in [0.25, 0.3) is 0 Å². The topological polar surface area (TPSA) is 44.8 Å². The van der Waals surface area contributed by atoms with E-state index in [1.165, 1.54) is 6.08 Å². The maximum atomic E-state index is 11.4. The highest BCUT2D eigenvalue weighted by molar-refractivity contribution is 6.42. The van der Waals surface area contributed by atoms with E-state index in [-0.39, 0.29) is 12.8 Å². The minimum absolute atomic E-state index is 0.128. The van der Waals surface area contributed by atoms with Gasteiger partial charge < -0.3 is 14.2 Å². The zero-order chi connectivity index (χ0) is 16.5. The first-order valence-corrected chi connectivity index (χ1v) is 7.67. The highest BCUT2D eigenvalue weighted by Gasteiger charge is 2.12. The van der Waals surface area contributed by atoms with E-state index < -0.39 is 0 Å². The summed E-state index contributed by atoms with van der Waals surface area (Å²) in [5.74, 6) is 0.285. The Labute approximate surface area is 140 Å². The van der Waals surface area contributed by atoms with Gasteiger partial charge in [-0.15, -0.1) is 0 Å². The normalized spacial score (nSPS) is 11.4. The molecule has 0 aliphatic rings. The van der Waals surface area contributed by atoms with Crippen LogP contribution in [0.5, 0.6) is 5.75 Å². The Morgan fingerprint density at radius 2 is 2.05 bits per heavy atom. The van der Waals surface area contributed by atoms with E-state index in [2.05, 4.69) is 0 Å². The molecule has 1 aromatic rings. The number of esters is 1. The summed E-state index contributed by atoms with van der Waals surface area (Å²) in [6.45, 7) is 4.12. The standard InChI is InChI=1S/C16H20Cl2O4/c1-4-21-15(19)9-11(2)5-6-12-14(22-10-20-3)8-7-13(17)16(12)18/h7-9H,4-6,10H2,1-3H3/b11-9+. The molecule has 122 valence electrons. The molecule has 1 aromatic carbocycles. The first-order valence-electron chi connectivity index (χ1n) is 6.92. The zero-order valence-corrected chi connectivity index (χ0v) is 14.5. The highest BCUT2D eigenvalue weighted by Crippen LogP contribution is 2.34. The third-order valence-corrected chi connectivity index (χ3v) is 3.75. The molecule has 4 nitrogen and oxygen atoms in total. The predicted molar refractivity (Wildman–Crippen MR) is 87.7 cm³/mol. The van der Waals surface area contributed by atoms with Gasteiger partial charge in [0, 0.05) is 18.7 Å². The Balaban J connectivity index is 2.83. The summed E-state index contributed by atoms with van der Waals surface area (Å²) in [7, 11) is 1.55. The van der Waals surface area contributed by atoms with Crippen molar-refractivity contribution in [2.24, 2.45) is 0 Å². The fourth-order valence-corrected chi connectivity index (χ4v) is 2.27. The number of rotatable bonds is 8. The molecule has 0 aliphatic heterocycles. The molecule has 0 fully saturated rings. The van der Waals surface area contributed by atoms with Crippen LogP contribution in [0.3, 0.4) is 0 Å². The number of hydrogen-bond donors (Lipinski definition) is 0. The number of allylic oxidation sites excluding steroid dienone is 1. The molecule has 0 saturated heterocycles. The first kappa shape index (κ1) is 18.8. The van der Waals surface area contributed by atoms with Crippen molar-refractivity contribution >= 4 is 29.2 Å². The van der Waals surface area contributed by atoms with E-state index >= 15 is 0 Å². The SMILES string of the molecule is CCOC(=O)/C=C(\C)CCc1c(OCOC)ccc(Cl)c1Cl. The van der Waals surface area contributed by atoms with Crippen LogP contribution in [0, 0.1) is 0 Å². The molecular weight excluding hydrogens is 327 g/mol. The minimum Gasteiger partial charge on any atom is -0.467 e. The monoisotopic (exact) mass is 346 g/mol. The lowest BCUT2D eigenvalue weighted by Crippen LogP contribution is -2.03. The van der Waals surface area contributed by atoms with Gasteiger partial charge in [-0.05, 0) is 38.8 Å².